The van der Waals surface area contributed by atoms with Crippen molar-refractivity contribution < 1.29 is 9.13 Å². The van der Waals surface area contributed by atoms with Crippen LogP contribution < -0.4 is 0 Å². The molecule has 1 aromatic heterocycles. The van der Waals surface area contributed by atoms with Gasteiger partial charge in [-0.15, -0.1) is 0 Å². The summed E-state index contributed by atoms with van der Waals surface area (Å²) in [6, 6.07) is 4.77. The van der Waals surface area contributed by atoms with E-state index in [1.807, 2.05) is 6.92 Å². The number of halogens is 1. The maximum absolute atomic E-state index is 13.1. The molecule has 1 aliphatic heterocycles. The van der Waals surface area contributed by atoms with Crippen molar-refractivity contribution in [1.82, 2.24) is 10.2 Å². The Morgan fingerprint density at radius 3 is 3.12 bits per heavy atom. The molecule has 4 heteroatoms. The summed E-state index contributed by atoms with van der Waals surface area (Å²) in [5.74, 6) is -0.216. The molecule has 0 spiro atoms. The molecule has 0 fully saturated rings. The van der Waals surface area contributed by atoms with Gasteiger partial charge in [0.25, 0.3) is 0 Å². The minimum Gasteiger partial charge on any atom is -0.376 e. The van der Waals surface area contributed by atoms with E-state index in [0.717, 1.165) is 41.1 Å². The molecule has 17 heavy (non-hydrogen) atoms. The Balaban J connectivity index is 2.12. The fourth-order valence-corrected chi connectivity index (χ4v) is 2.23. The maximum Gasteiger partial charge on any atom is 0.123 e. The van der Waals surface area contributed by atoms with Crippen LogP contribution in [0.4, 0.5) is 4.39 Å². The Morgan fingerprint density at radius 1 is 1.41 bits per heavy atom. The zero-order chi connectivity index (χ0) is 11.8. The molecule has 0 aliphatic carbocycles. The molecule has 2 heterocycles. The number of hydrogen-bond acceptors (Lipinski definition) is 2. The number of aryl methyl sites for hydroxylation is 1. The predicted molar refractivity (Wildman–Crippen MR) is 62.1 cm³/mol. The first kappa shape index (κ1) is 10.5. The highest BCUT2D eigenvalue weighted by Crippen LogP contribution is 2.29. The first-order valence-electron chi connectivity index (χ1n) is 5.66. The summed E-state index contributed by atoms with van der Waals surface area (Å²) in [6.07, 6.45) is 0.864. The molecule has 0 radical (unpaired) electrons. The summed E-state index contributed by atoms with van der Waals surface area (Å²) in [5, 5.41) is 7.37. The largest absolute Gasteiger partial charge is 0.376 e. The van der Waals surface area contributed by atoms with Crippen molar-refractivity contribution in [3.8, 4) is 11.3 Å². The molecule has 3 rings (SSSR count). The molecule has 0 unspecified atom stereocenters. The molecule has 88 valence electrons. The molecular formula is C13H13FN2O. The zero-order valence-electron chi connectivity index (χ0n) is 9.59. The summed E-state index contributed by atoms with van der Waals surface area (Å²) >= 11 is 0. The highest BCUT2D eigenvalue weighted by atomic mass is 19.1. The van der Waals surface area contributed by atoms with Gasteiger partial charge in [0.15, 0.2) is 0 Å². The van der Waals surface area contributed by atoms with Crippen LogP contribution in [0, 0.1) is 12.7 Å². The second kappa shape index (κ2) is 3.96. The lowest BCUT2D eigenvalue weighted by molar-refractivity contribution is 0.110. The van der Waals surface area contributed by atoms with E-state index >= 15 is 0 Å². The lowest BCUT2D eigenvalue weighted by atomic mass is 10.00. The molecular weight excluding hydrogens is 219 g/mol. The van der Waals surface area contributed by atoms with Gasteiger partial charge in [0, 0.05) is 23.2 Å². The van der Waals surface area contributed by atoms with E-state index < -0.39 is 0 Å². The number of H-pyrrole nitrogens is 1. The van der Waals surface area contributed by atoms with E-state index in [1.165, 1.54) is 12.1 Å². The van der Waals surface area contributed by atoms with Gasteiger partial charge in [-0.1, -0.05) is 0 Å². The second-order valence-electron chi connectivity index (χ2n) is 4.29. The predicted octanol–water partition coefficient (Wildman–Crippen LogP) is 2.60. The second-order valence-corrected chi connectivity index (χ2v) is 4.29. The van der Waals surface area contributed by atoms with Crippen molar-refractivity contribution in [2.24, 2.45) is 0 Å². The van der Waals surface area contributed by atoms with Gasteiger partial charge in [-0.25, -0.2) is 4.39 Å². The average molecular weight is 232 g/mol. The Hall–Kier alpha value is -1.68. The van der Waals surface area contributed by atoms with Crippen LogP contribution in [0.1, 0.15) is 16.8 Å². The molecule has 0 bridgehead atoms. The first-order chi connectivity index (χ1) is 8.25. The summed E-state index contributed by atoms with van der Waals surface area (Å²) in [4.78, 5) is 0. The minimum absolute atomic E-state index is 0.216. The molecule has 3 nitrogen and oxygen atoms in total. The maximum atomic E-state index is 13.1. The highest BCUT2D eigenvalue weighted by Gasteiger charge is 2.19. The number of nitrogens with zero attached hydrogens (tertiary/aromatic N) is 1. The van der Waals surface area contributed by atoms with Crippen LogP contribution in [0.2, 0.25) is 0 Å². The number of fused-ring (bicyclic) bond motifs is 1. The normalized spacial score (nSPS) is 14.7. The van der Waals surface area contributed by atoms with Crippen LogP contribution in [0.25, 0.3) is 11.3 Å². The summed E-state index contributed by atoms with van der Waals surface area (Å²) in [6.45, 7) is 3.21. The fraction of sp³-hybridized carbons (Fsp3) is 0.308. The third-order valence-corrected chi connectivity index (χ3v) is 3.14. The van der Waals surface area contributed by atoms with Crippen LogP contribution in [0.3, 0.4) is 0 Å². The molecule has 1 aliphatic rings. The number of rotatable bonds is 1. The number of aromatic nitrogens is 2. The Bertz CT molecular complexity index is 563. The number of hydrogen-bond donors (Lipinski definition) is 1. The molecule has 0 atom stereocenters. The van der Waals surface area contributed by atoms with E-state index in [2.05, 4.69) is 10.2 Å². The number of benzene rings is 1. The van der Waals surface area contributed by atoms with E-state index in [4.69, 9.17) is 4.74 Å². The van der Waals surface area contributed by atoms with Crippen LogP contribution in [-0.2, 0) is 17.8 Å². The van der Waals surface area contributed by atoms with Crippen LogP contribution in [0.5, 0.6) is 0 Å². The van der Waals surface area contributed by atoms with E-state index in [9.17, 15) is 4.39 Å². The lowest BCUT2D eigenvalue weighted by Crippen LogP contribution is -2.09. The van der Waals surface area contributed by atoms with Crippen LogP contribution in [-0.4, -0.2) is 16.8 Å². The van der Waals surface area contributed by atoms with Gasteiger partial charge in [0.1, 0.15) is 5.82 Å². The van der Waals surface area contributed by atoms with Crippen molar-refractivity contribution in [2.45, 2.75) is 20.0 Å². The van der Waals surface area contributed by atoms with Gasteiger partial charge >= 0.3 is 0 Å². The molecule has 1 N–H and O–H groups in total. The number of ether oxygens (including phenoxy) is 1. The van der Waals surface area contributed by atoms with Crippen LogP contribution >= 0.6 is 0 Å². The van der Waals surface area contributed by atoms with E-state index in [0.29, 0.717) is 6.61 Å². The highest BCUT2D eigenvalue weighted by molar-refractivity contribution is 5.67. The molecule has 0 amide bonds. The quantitative estimate of drug-likeness (QED) is 0.820. The summed E-state index contributed by atoms with van der Waals surface area (Å²) < 4.78 is 18.5. The van der Waals surface area contributed by atoms with Gasteiger partial charge < -0.3 is 4.74 Å². The van der Waals surface area contributed by atoms with Gasteiger partial charge in [-0.05, 0) is 30.7 Å². The van der Waals surface area contributed by atoms with Crippen molar-refractivity contribution in [2.75, 3.05) is 6.61 Å². The molecule has 1 aromatic carbocycles. The summed E-state index contributed by atoms with van der Waals surface area (Å²) in [7, 11) is 0. The number of aromatic amines is 1. The molecule has 0 saturated heterocycles. The van der Waals surface area contributed by atoms with Gasteiger partial charge in [0.05, 0.1) is 18.9 Å². The third-order valence-electron chi connectivity index (χ3n) is 3.14. The molecule has 2 aromatic rings. The van der Waals surface area contributed by atoms with Gasteiger partial charge in [0.2, 0.25) is 0 Å². The topological polar surface area (TPSA) is 37.9 Å². The van der Waals surface area contributed by atoms with Crippen molar-refractivity contribution in [1.29, 1.82) is 0 Å². The smallest absolute Gasteiger partial charge is 0.123 e. The Labute approximate surface area is 98.6 Å². The van der Waals surface area contributed by atoms with E-state index in [-0.39, 0.29) is 5.82 Å². The van der Waals surface area contributed by atoms with Crippen molar-refractivity contribution >= 4 is 0 Å². The first-order valence-corrected chi connectivity index (χ1v) is 5.66. The minimum atomic E-state index is -0.216. The standard InChI is InChI=1S/C13H13FN2O/c1-8-6-9(14)2-3-10(8)13-11-7-17-5-4-12(11)15-16-13/h2-3,6H,4-5,7H2,1H3,(H,15,16). The Kier molecular flexibility index (Phi) is 2.44. The van der Waals surface area contributed by atoms with Crippen LogP contribution in [0.15, 0.2) is 18.2 Å². The SMILES string of the molecule is Cc1cc(F)ccc1-c1n[nH]c2c1COCC2. The van der Waals surface area contributed by atoms with Crippen molar-refractivity contribution in [3.05, 3.63) is 40.8 Å². The van der Waals surface area contributed by atoms with Gasteiger partial charge in [-0.2, -0.15) is 5.10 Å². The lowest BCUT2D eigenvalue weighted by Gasteiger charge is -2.13. The summed E-state index contributed by atoms with van der Waals surface area (Å²) in [5.41, 5.74) is 4.98. The van der Waals surface area contributed by atoms with Gasteiger partial charge in [-0.3, -0.25) is 5.10 Å². The van der Waals surface area contributed by atoms with E-state index in [1.54, 1.807) is 6.07 Å². The number of nitrogens with one attached hydrogen (secondary N) is 1. The molecule has 0 saturated carbocycles. The Morgan fingerprint density at radius 2 is 2.29 bits per heavy atom. The van der Waals surface area contributed by atoms with Crippen molar-refractivity contribution in [3.63, 3.8) is 0 Å². The zero-order valence-corrected chi connectivity index (χ0v) is 9.59. The monoisotopic (exact) mass is 232 g/mol. The average Bonchev–Trinajstić information content (AvgIpc) is 2.73. The fourth-order valence-electron chi connectivity index (χ4n) is 2.23. The third kappa shape index (κ3) is 1.74.